The first-order valence-electron chi connectivity index (χ1n) is 3.79. The summed E-state index contributed by atoms with van der Waals surface area (Å²) in [4.78, 5) is 5.11. The van der Waals surface area contributed by atoms with Crippen molar-refractivity contribution in [2.45, 2.75) is 12.5 Å². The minimum Gasteiger partial charge on any atom is -0.388 e. The highest BCUT2D eigenvalue weighted by Gasteiger charge is 2.14. The molecule has 1 unspecified atom stereocenters. The van der Waals surface area contributed by atoms with Crippen molar-refractivity contribution in [1.82, 2.24) is 0 Å². The van der Waals surface area contributed by atoms with Gasteiger partial charge in [-0.15, -0.1) is 0 Å². The molecular formula is C9H8ClNO. The second-order valence-electron chi connectivity index (χ2n) is 2.67. The number of rotatable bonds is 1. The van der Waals surface area contributed by atoms with E-state index in [9.17, 15) is 0 Å². The van der Waals surface area contributed by atoms with E-state index < -0.39 is 0 Å². The molecule has 0 radical (unpaired) electrons. The van der Waals surface area contributed by atoms with Crippen LogP contribution in [-0.2, 0) is 4.84 Å². The van der Waals surface area contributed by atoms with Crippen LogP contribution in [0.1, 0.15) is 18.1 Å². The minimum atomic E-state index is 0.0854. The van der Waals surface area contributed by atoms with E-state index in [1.807, 2.05) is 24.3 Å². The Morgan fingerprint density at radius 2 is 2.08 bits per heavy atom. The van der Waals surface area contributed by atoms with Crippen molar-refractivity contribution < 1.29 is 4.84 Å². The largest absolute Gasteiger partial charge is 0.388 e. The van der Waals surface area contributed by atoms with Crippen LogP contribution in [0.5, 0.6) is 0 Å². The fraction of sp³-hybridized carbons (Fsp3) is 0.222. The lowest BCUT2D eigenvalue weighted by Gasteiger charge is -2.07. The average molecular weight is 182 g/mol. The molecule has 12 heavy (non-hydrogen) atoms. The van der Waals surface area contributed by atoms with Crippen LogP contribution in [0.4, 0.5) is 0 Å². The monoisotopic (exact) mass is 181 g/mol. The molecule has 0 fully saturated rings. The van der Waals surface area contributed by atoms with Gasteiger partial charge in [-0.05, 0) is 17.7 Å². The molecule has 62 valence electrons. The molecule has 0 saturated carbocycles. The first-order chi connectivity index (χ1) is 5.86. The smallest absolute Gasteiger partial charge is 0.157 e. The van der Waals surface area contributed by atoms with E-state index in [4.69, 9.17) is 16.4 Å². The van der Waals surface area contributed by atoms with Gasteiger partial charge in [-0.2, -0.15) is 0 Å². The van der Waals surface area contributed by atoms with Crippen LogP contribution in [0.3, 0.4) is 0 Å². The van der Waals surface area contributed by atoms with Gasteiger partial charge in [0.25, 0.3) is 0 Å². The molecule has 0 amide bonds. The maximum absolute atomic E-state index is 5.75. The van der Waals surface area contributed by atoms with Crippen LogP contribution >= 0.6 is 11.6 Å². The van der Waals surface area contributed by atoms with Crippen molar-refractivity contribution in [1.29, 1.82) is 0 Å². The molecule has 1 heterocycles. The first kappa shape index (κ1) is 7.62. The normalized spacial score (nSPS) is 20.9. The fourth-order valence-corrected chi connectivity index (χ4v) is 1.30. The second-order valence-corrected chi connectivity index (χ2v) is 3.11. The zero-order chi connectivity index (χ0) is 8.39. The van der Waals surface area contributed by atoms with Gasteiger partial charge in [0.2, 0.25) is 0 Å². The summed E-state index contributed by atoms with van der Waals surface area (Å²) in [6.45, 7) is 0. The molecule has 1 aliphatic heterocycles. The zero-order valence-electron chi connectivity index (χ0n) is 6.40. The molecule has 3 heteroatoms. The summed E-state index contributed by atoms with van der Waals surface area (Å²) < 4.78 is 0. The van der Waals surface area contributed by atoms with Crippen molar-refractivity contribution in [3.05, 3.63) is 34.9 Å². The van der Waals surface area contributed by atoms with Crippen LogP contribution in [-0.4, -0.2) is 6.21 Å². The number of nitrogens with zero attached hydrogens (tertiary/aromatic N) is 1. The Hall–Kier alpha value is -1.02. The third-order valence-corrected chi connectivity index (χ3v) is 2.08. The third kappa shape index (κ3) is 1.43. The van der Waals surface area contributed by atoms with Gasteiger partial charge in [0.15, 0.2) is 6.10 Å². The van der Waals surface area contributed by atoms with E-state index in [0.717, 1.165) is 17.0 Å². The van der Waals surface area contributed by atoms with Crippen molar-refractivity contribution >= 4 is 17.8 Å². The Labute approximate surface area is 75.8 Å². The zero-order valence-corrected chi connectivity index (χ0v) is 7.16. The highest BCUT2D eigenvalue weighted by molar-refractivity contribution is 6.30. The number of hydrogen-bond acceptors (Lipinski definition) is 2. The maximum atomic E-state index is 5.75. The molecule has 2 rings (SSSR count). The van der Waals surface area contributed by atoms with Gasteiger partial charge < -0.3 is 4.84 Å². The minimum absolute atomic E-state index is 0.0854. The molecule has 1 aliphatic rings. The third-order valence-electron chi connectivity index (χ3n) is 1.82. The van der Waals surface area contributed by atoms with Crippen LogP contribution in [0.2, 0.25) is 5.02 Å². The van der Waals surface area contributed by atoms with Crippen LogP contribution < -0.4 is 0 Å². The van der Waals surface area contributed by atoms with Gasteiger partial charge in [-0.3, -0.25) is 0 Å². The van der Waals surface area contributed by atoms with Crippen molar-refractivity contribution in [3.63, 3.8) is 0 Å². The molecule has 1 aromatic rings. The Balaban J connectivity index is 2.18. The van der Waals surface area contributed by atoms with E-state index in [2.05, 4.69) is 5.16 Å². The molecular weight excluding hydrogens is 174 g/mol. The maximum Gasteiger partial charge on any atom is 0.157 e. The van der Waals surface area contributed by atoms with Crippen LogP contribution in [0.25, 0.3) is 0 Å². The van der Waals surface area contributed by atoms with E-state index >= 15 is 0 Å². The van der Waals surface area contributed by atoms with Gasteiger partial charge in [-0.1, -0.05) is 28.9 Å². The fourth-order valence-electron chi connectivity index (χ4n) is 1.17. The Kier molecular flexibility index (Phi) is 2.00. The predicted octanol–water partition coefficient (Wildman–Crippen LogP) is 2.79. The van der Waals surface area contributed by atoms with E-state index in [1.165, 1.54) is 0 Å². The Morgan fingerprint density at radius 1 is 1.33 bits per heavy atom. The highest BCUT2D eigenvalue weighted by atomic mass is 35.5. The van der Waals surface area contributed by atoms with Gasteiger partial charge in [0.1, 0.15) is 0 Å². The van der Waals surface area contributed by atoms with Crippen LogP contribution in [0, 0.1) is 0 Å². The predicted molar refractivity (Wildman–Crippen MR) is 48.4 cm³/mol. The van der Waals surface area contributed by atoms with E-state index in [0.29, 0.717) is 0 Å². The SMILES string of the molecule is Clc1ccc(C2CC=NO2)cc1. The lowest BCUT2D eigenvalue weighted by atomic mass is 10.1. The van der Waals surface area contributed by atoms with Gasteiger partial charge in [-0.25, -0.2) is 0 Å². The van der Waals surface area contributed by atoms with Crippen LogP contribution in [0.15, 0.2) is 29.4 Å². The topological polar surface area (TPSA) is 21.6 Å². The highest BCUT2D eigenvalue weighted by Crippen LogP contribution is 2.25. The standard InChI is InChI=1S/C9H8ClNO/c10-8-3-1-7(2-4-8)9-5-6-11-12-9/h1-4,6,9H,5H2. The summed E-state index contributed by atoms with van der Waals surface area (Å²) in [5, 5.41) is 4.45. The molecule has 2 nitrogen and oxygen atoms in total. The number of halogens is 1. The average Bonchev–Trinajstić information content (AvgIpc) is 2.58. The molecule has 0 spiro atoms. The summed E-state index contributed by atoms with van der Waals surface area (Å²) >= 11 is 5.75. The Morgan fingerprint density at radius 3 is 2.67 bits per heavy atom. The molecule has 0 bridgehead atoms. The number of benzene rings is 1. The molecule has 0 aliphatic carbocycles. The summed E-state index contributed by atoms with van der Waals surface area (Å²) in [6, 6.07) is 7.64. The van der Waals surface area contributed by atoms with Gasteiger partial charge >= 0.3 is 0 Å². The Bertz CT molecular complexity index is 286. The van der Waals surface area contributed by atoms with Crippen molar-refractivity contribution in [2.75, 3.05) is 0 Å². The lowest BCUT2D eigenvalue weighted by molar-refractivity contribution is 0.0858. The second kappa shape index (κ2) is 3.15. The summed E-state index contributed by atoms with van der Waals surface area (Å²) in [5.41, 5.74) is 1.12. The molecule has 0 aromatic heterocycles. The lowest BCUT2D eigenvalue weighted by Crippen LogP contribution is -1.94. The summed E-state index contributed by atoms with van der Waals surface area (Å²) in [5.74, 6) is 0. The molecule has 1 atom stereocenters. The van der Waals surface area contributed by atoms with Gasteiger partial charge in [0, 0.05) is 17.7 Å². The molecule has 0 saturated heterocycles. The quantitative estimate of drug-likeness (QED) is 0.653. The first-order valence-corrected chi connectivity index (χ1v) is 4.17. The van der Waals surface area contributed by atoms with Gasteiger partial charge in [0.05, 0.1) is 0 Å². The van der Waals surface area contributed by atoms with E-state index in [-0.39, 0.29) is 6.10 Å². The van der Waals surface area contributed by atoms with E-state index in [1.54, 1.807) is 6.21 Å². The molecule has 0 N–H and O–H groups in total. The summed E-state index contributed by atoms with van der Waals surface area (Å²) in [6.07, 6.45) is 2.71. The number of hydrogen-bond donors (Lipinski definition) is 0. The van der Waals surface area contributed by atoms with Crippen molar-refractivity contribution in [2.24, 2.45) is 5.16 Å². The molecule has 1 aromatic carbocycles. The van der Waals surface area contributed by atoms with Crippen molar-refractivity contribution in [3.8, 4) is 0 Å². The summed E-state index contributed by atoms with van der Waals surface area (Å²) in [7, 11) is 0. The number of oxime groups is 1.